The van der Waals surface area contributed by atoms with Crippen LogP contribution in [0.4, 0.5) is 0 Å². The molecule has 2 heterocycles. The van der Waals surface area contributed by atoms with Crippen molar-refractivity contribution in [3.63, 3.8) is 0 Å². The molecule has 0 radical (unpaired) electrons. The van der Waals surface area contributed by atoms with Crippen LogP contribution < -0.4 is 0 Å². The normalized spacial score (nSPS) is 21.2. The van der Waals surface area contributed by atoms with Gasteiger partial charge in [-0.15, -0.1) is 10.2 Å². The van der Waals surface area contributed by atoms with Gasteiger partial charge in [0.2, 0.25) is 5.82 Å². The van der Waals surface area contributed by atoms with E-state index in [1.807, 2.05) is 42.5 Å². The zero-order valence-corrected chi connectivity index (χ0v) is 13.3. The second kappa shape index (κ2) is 6.14. The van der Waals surface area contributed by atoms with Crippen LogP contribution in [-0.2, 0) is 12.1 Å². The number of likely N-dealkylation sites (tertiary alicyclic amines) is 1. The number of rotatable bonds is 4. The van der Waals surface area contributed by atoms with E-state index in [0.717, 1.165) is 30.6 Å². The molecule has 1 unspecified atom stereocenters. The van der Waals surface area contributed by atoms with Gasteiger partial charge in [-0.25, -0.2) is 0 Å². The van der Waals surface area contributed by atoms with E-state index in [-0.39, 0.29) is 0 Å². The van der Waals surface area contributed by atoms with Gasteiger partial charge >= 0.3 is 0 Å². The summed E-state index contributed by atoms with van der Waals surface area (Å²) >= 11 is 0. The van der Waals surface area contributed by atoms with E-state index in [1.165, 1.54) is 5.56 Å². The first kappa shape index (κ1) is 15.0. The van der Waals surface area contributed by atoms with Crippen molar-refractivity contribution in [1.29, 1.82) is 0 Å². The van der Waals surface area contributed by atoms with Crippen LogP contribution in [-0.4, -0.2) is 43.7 Å². The van der Waals surface area contributed by atoms with E-state index >= 15 is 0 Å². The number of tetrazole rings is 1. The third-order valence-corrected chi connectivity index (χ3v) is 4.60. The van der Waals surface area contributed by atoms with Gasteiger partial charge in [-0.1, -0.05) is 54.6 Å². The van der Waals surface area contributed by atoms with Crippen molar-refractivity contribution in [2.24, 2.45) is 0 Å². The molecule has 122 valence electrons. The molecular formula is C18H19N5O. The van der Waals surface area contributed by atoms with Crippen molar-refractivity contribution < 1.29 is 5.11 Å². The summed E-state index contributed by atoms with van der Waals surface area (Å²) in [6, 6.07) is 18.1. The molecule has 6 nitrogen and oxygen atoms in total. The molecule has 4 rings (SSSR count). The minimum Gasteiger partial charge on any atom is -0.384 e. The minimum absolute atomic E-state index is 0.598. The highest BCUT2D eigenvalue weighted by Gasteiger charge is 2.37. The molecule has 2 aromatic carbocycles. The Hall–Kier alpha value is -2.57. The van der Waals surface area contributed by atoms with Gasteiger partial charge in [0, 0.05) is 25.2 Å². The third-order valence-electron chi connectivity index (χ3n) is 4.60. The Morgan fingerprint density at radius 3 is 2.58 bits per heavy atom. The molecule has 0 bridgehead atoms. The fraction of sp³-hybridized carbons (Fsp3) is 0.278. The van der Waals surface area contributed by atoms with Gasteiger partial charge in [-0.3, -0.25) is 4.90 Å². The Kier molecular flexibility index (Phi) is 3.84. The molecule has 1 fully saturated rings. The lowest BCUT2D eigenvalue weighted by atomic mass is 9.93. The summed E-state index contributed by atoms with van der Waals surface area (Å²) in [7, 11) is 0. The van der Waals surface area contributed by atoms with Crippen LogP contribution in [0, 0.1) is 0 Å². The third kappa shape index (κ3) is 2.93. The van der Waals surface area contributed by atoms with Gasteiger partial charge in [0.25, 0.3) is 0 Å². The van der Waals surface area contributed by atoms with Crippen LogP contribution in [0.25, 0.3) is 11.4 Å². The average Bonchev–Trinajstić information content (AvgIpc) is 3.28. The maximum atomic E-state index is 10.9. The van der Waals surface area contributed by atoms with Crippen LogP contribution in [0.15, 0.2) is 54.6 Å². The number of aliphatic hydroxyl groups is 1. The van der Waals surface area contributed by atoms with Crippen molar-refractivity contribution in [2.45, 2.75) is 18.6 Å². The summed E-state index contributed by atoms with van der Waals surface area (Å²) in [4.78, 5) is 2.29. The lowest BCUT2D eigenvalue weighted by Gasteiger charge is -2.24. The highest BCUT2D eigenvalue weighted by Crippen LogP contribution is 2.32. The second-order valence-electron chi connectivity index (χ2n) is 6.29. The van der Waals surface area contributed by atoms with E-state index in [2.05, 4.69) is 37.7 Å². The van der Waals surface area contributed by atoms with Gasteiger partial charge in [0.1, 0.15) is 5.60 Å². The number of β-amino-alcohol motifs (C(OH)–C–C–N with tert-alkyl or cyclic N) is 1. The second-order valence-corrected chi connectivity index (χ2v) is 6.29. The number of H-pyrrole nitrogens is 1. The number of hydrogen-bond acceptors (Lipinski definition) is 5. The zero-order valence-electron chi connectivity index (χ0n) is 13.3. The molecule has 2 N–H and O–H groups in total. The van der Waals surface area contributed by atoms with Crippen LogP contribution in [0.1, 0.15) is 17.5 Å². The molecule has 1 aromatic heterocycles. The summed E-state index contributed by atoms with van der Waals surface area (Å²) in [6.45, 7) is 2.36. The van der Waals surface area contributed by atoms with E-state index < -0.39 is 5.60 Å². The fourth-order valence-electron chi connectivity index (χ4n) is 3.29. The molecule has 1 saturated heterocycles. The zero-order chi connectivity index (χ0) is 16.4. The molecule has 6 heteroatoms. The van der Waals surface area contributed by atoms with Gasteiger partial charge in [0.15, 0.2) is 0 Å². The molecule has 0 amide bonds. The molecule has 0 saturated carbocycles. The molecule has 0 spiro atoms. The number of nitrogens with zero attached hydrogens (tertiary/aromatic N) is 4. The Morgan fingerprint density at radius 1 is 1.08 bits per heavy atom. The molecule has 1 aliphatic rings. The largest absolute Gasteiger partial charge is 0.384 e. The van der Waals surface area contributed by atoms with Crippen molar-refractivity contribution in [1.82, 2.24) is 25.5 Å². The summed E-state index contributed by atoms with van der Waals surface area (Å²) in [5.41, 5.74) is 2.40. The number of aromatic amines is 1. The lowest BCUT2D eigenvalue weighted by molar-refractivity contribution is 0.0453. The molecule has 3 aromatic rings. The predicted octanol–water partition coefficient (Wildman–Crippen LogP) is 1.96. The first-order valence-corrected chi connectivity index (χ1v) is 8.06. The lowest BCUT2D eigenvalue weighted by Crippen LogP contribution is -2.30. The average molecular weight is 321 g/mol. The first-order valence-electron chi connectivity index (χ1n) is 8.06. The van der Waals surface area contributed by atoms with Gasteiger partial charge < -0.3 is 5.11 Å². The highest BCUT2D eigenvalue weighted by molar-refractivity contribution is 5.54. The molecule has 0 aliphatic carbocycles. The van der Waals surface area contributed by atoms with Crippen LogP contribution >= 0.6 is 0 Å². The molecular weight excluding hydrogens is 302 g/mol. The van der Waals surface area contributed by atoms with Crippen LogP contribution in [0.2, 0.25) is 0 Å². The van der Waals surface area contributed by atoms with Crippen LogP contribution in [0.5, 0.6) is 0 Å². The minimum atomic E-state index is -0.744. The summed E-state index contributed by atoms with van der Waals surface area (Å²) in [5.74, 6) is 0.598. The summed E-state index contributed by atoms with van der Waals surface area (Å²) < 4.78 is 0. The smallest absolute Gasteiger partial charge is 0.204 e. The highest BCUT2D eigenvalue weighted by atomic mass is 16.3. The van der Waals surface area contributed by atoms with E-state index in [4.69, 9.17) is 0 Å². The SMILES string of the molecule is OC1(c2ccccc2)CCN(Cc2ccc(-c3nn[nH]n3)cc2)C1. The maximum absolute atomic E-state index is 10.9. The van der Waals surface area contributed by atoms with Crippen LogP contribution in [0.3, 0.4) is 0 Å². The quantitative estimate of drug-likeness (QED) is 0.768. The van der Waals surface area contributed by atoms with Crippen molar-refractivity contribution in [3.05, 3.63) is 65.7 Å². The topological polar surface area (TPSA) is 77.9 Å². The van der Waals surface area contributed by atoms with Gasteiger partial charge in [-0.05, 0) is 22.8 Å². The Morgan fingerprint density at radius 2 is 1.88 bits per heavy atom. The Bertz CT molecular complexity index is 788. The number of aromatic nitrogens is 4. The summed E-state index contributed by atoms with van der Waals surface area (Å²) in [5, 5.41) is 24.9. The first-order chi connectivity index (χ1) is 11.7. The van der Waals surface area contributed by atoms with Gasteiger partial charge in [0.05, 0.1) is 0 Å². The van der Waals surface area contributed by atoms with Crippen molar-refractivity contribution >= 4 is 0 Å². The number of benzene rings is 2. The molecule has 24 heavy (non-hydrogen) atoms. The monoisotopic (exact) mass is 321 g/mol. The fourth-order valence-corrected chi connectivity index (χ4v) is 3.29. The van der Waals surface area contributed by atoms with E-state index in [1.54, 1.807) is 0 Å². The van der Waals surface area contributed by atoms with Crippen molar-refractivity contribution in [3.8, 4) is 11.4 Å². The maximum Gasteiger partial charge on any atom is 0.204 e. The van der Waals surface area contributed by atoms with E-state index in [0.29, 0.717) is 12.4 Å². The molecule has 1 aliphatic heterocycles. The Balaban J connectivity index is 1.43. The summed E-state index contributed by atoms with van der Waals surface area (Å²) in [6.07, 6.45) is 0.762. The Labute approximate surface area is 140 Å². The number of nitrogens with one attached hydrogen (secondary N) is 1. The van der Waals surface area contributed by atoms with E-state index in [9.17, 15) is 5.11 Å². The standard InChI is InChI=1S/C18H19N5O/c24-18(16-4-2-1-3-5-16)10-11-23(13-18)12-14-6-8-15(9-7-14)17-19-21-22-20-17/h1-9,24H,10-13H2,(H,19,20,21,22). The predicted molar refractivity (Wildman–Crippen MR) is 89.8 cm³/mol. The molecule has 1 atom stereocenters. The van der Waals surface area contributed by atoms with Gasteiger partial charge in [-0.2, -0.15) is 5.21 Å². The van der Waals surface area contributed by atoms with Crippen molar-refractivity contribution in [2.75, 3.05) is 13.1 Å². The number of hydrogen-bond donors (Lipinski definition) is 2.